The van der Waals surface area contributed by atoms with Gasteiger partial charge in [0.25, 0.3) is 15.9 Å². The second-order valence-electron chi connectivity index (χ2n) is 7.01. The fourth-order valence-corrected chi connectivity index (χ4v) is 4.59. The molecule has 0 aliphatic carbocycles. The number of carbonyl (C=O) groups excluding carboxylic acids is 1. The summed E-state index contributed by atoms with van der Waals surface area (Å²) in [5.74, 6) is -0.169. The summed E-state index contributed by atoms with van der Waals surface area (Å²) in [6.45, 7) is 1.11. The van der Waals surface area contributed by atoms with Gasteiger partial charge in [0.15, 0.2) is 0 Å². The van der Waals surface area contributed by atoms with E-state index in [1.54, 1.807) is 4.90 Å². The van der Waals surface area contributed by atoms with Gasteiger partial charge in [0.2, 0.25) is 0 Å². The van der Waals surface area contributed by atoms with Crippen LogP contribution >= 0.6 is 11.6 Å². The number of methoxy groups -OCH3 is 1. The van der Waals surface area contributed by atoms with E-state index in [0.717, 1.165) is 37.5 Å². The molecular formula is C20H20ClF3N2O4S. The molecule has 0 saturated carbocycles. The molecular weight excluding hydrogens is 457 g/mol. The normalized spacial score (nSPS) is 14.9. The summed E-state index contributed by atoms with van der Waals surface area (Å²) in [6.07, 6.45) is -1.96. The van der Waals surface area contributed by atoms with Gasteiger partial charge in [-0.25, -0.2) is 8.42 Å². The molecule has 0 unspecified atom stereocenters. The van der Waals surface area contributed by atoms with Crippen LogP contribution in [-0.2, 0) is 16.2 Å². The number of sulfonamides is 1. The van der Waals surface area contributed by atoms with Crippen LogP contribution in [-0.4, -0.2) is 39.4 Å². The zero-order valence-electron chi connectivity index (χ0n) is 16.5. The number of benzene rings is 2. The minimum Gasteiger partial charge on any atom is -0.496 e. The summed E-state index contributed by atoms with van der Waals surface area (Å²) in [7, 11) is -2.98. The van der Waals surface area contributed by atoms with Crippen molar-refractivity contribution in [1.29, 1.82) is 0 Å². The van der Waals surface area contributed by atoms with Crippen LogP contribution in [0.4, 0.5) is 18.9 Å². The van der Waals surface area contributed by atoms with Crippen molar-refractivity contribution in [3.05, 3.63) is 52.5 Å². The molecule has 168 valence electrons. The Hall–Kier alpha value is -2.46. The van der Waals surface area contributed by atoms with Gasteiger partial charge < -0.3 is 9.64 Å². The Morgan fingerprint density at radius 3 is 2.39 bits per heavy atom. The van der Waals surface area contributed by atoms with E-state index in [1.165, 1.54) is 19.2 Å². The van der Waals surface area contributed by atoms with Crippen LogP contribution in [0.1, 0.15) is 35.2 Å². The van der Waals surface area contributed by atoms with Gasteiger partial charge in [-0.3, -0.25) is 9.52 Å². The third-order valence-corrected chi connectivity index (χ3v) is 6.59. The molecule has 1 N–H and O–H groups in total. The number of hydrogen-bond donors (Lipinski definition) is 1. The molecule has 1 aliphatic heterocycles. The molecule has 2 aromatic rings. The van der Waals surface area contributed by atoms with Crippen LogP contribution in [0.3, 0.4) is 0 Å². The monoisotopic (exact) mass is 476 g/mol. The van der Waals surface area contributed by atoms with E-state index in [0.29, 0.717) is 19.2 Å². The fourth-order valence-electron chi connectivity index (χ4n) is 3.27. The molecule has 0 bridgehead atoms. The Morgan fingerprint density at radius 1 is 1.10 bits per heavy atom. The molecule has 0 atom stereocenters. The third-order valence-electron chi connectivity index (χ3n) is 4.89. The lowest BCUT2D eigenvalue weighted by molar-refractivity contribution is -0.137. The van der Waals surface area contributed by atoms with Gasteiger partial charge in [-0.1, -0.05) is 11.6 Å². The summed E-state index contributed by atoms with van der Waals surface area (Å²) in [6, 6.07) is 6.02. The maximum Gasteiger partial charge on any atom is 0.416 e. The number of likely N-dealkylation sites (tertiary alicyclic amines) is 1. The van der Waals surface area contributed by atoms with Gasteiger partial charge >= 0.3 is 6.18 Å². The highest BCUT2D eigenvalue weighted by Crippen LogP contribution is 2.35. The van der Waals surface area contributed by atoms with Crippen LogP contribution in [0.25, 0.3) is 0 Å². The predicted octanol–water partition coefficient (Wildman–Crippen LogP) is 4.79. The van der Waals surface area contributed by atoms with E-state index >= 15 is 0 Å². The largest absolute Gasteiger partial charge is 0.496 e. The van der Waals surface area contributed by atoms with Crippen LogP contribution in [0.15, 0.2) is 41.3 Å². The number of alkyl halides is 3. The van der Waals surface area contributed by atoms with Crippen molar-refractivity contribution in [2.24, 2.45) is 0 Å². The lowest BCUT2D eigenvalue weighted by atomic mass is 10.1. The van der Waals surface area contributed by atoms with Crippen molar-refractivity contribution < 1.29 is 31.1 Å². The first-order valence-electron chi connectivity index (χ1n) is 9.40. The first-order valence-corrected chi connectivity index (χ1v) is 11.3. The van der Waals surface area contributed by atoms with Crippen LogP contribution in [0.2, 0.25) is 5.02 Å². The number of halogens is 4. The quantitative estimate of drug-likeness (QED) is 0.673. The Bertz CT molecular complexity index is 1080. The number of nitrogens with zero attached hydrogens (tertiary/aromatic N) is 1. The maximum atomic E-state index is 13.0. The van der Waals surface area contributed by atoms with Crippen molar-refractivity contribution >= 4 is 33.2 Å². The third kappa shape index (κ3) is 5.24. The van der Waals surface area contributed by atoms with Crippen LogP contribution in [0, 0.1) is 0 Å². The topological polar surface area (TPSA) is 75.7 Å². The standard InChI is InChI=1S/C20H20ClF3N2O4S/c1-30-18-8-6-14(12-15(18)19(27)26-9-3-2-4-10-26)31(28,29)25-17-11-13(20(22,23)24)5-7-16(17)21/h5-8,11-12,25H,2-4,9-10H2,1H3. The number of amides is 1. The number of anilines is 1. The molecule has 6 nitrogen and oxygen atoms in total. The van der Waals surface area contributed by atoms with Gasteiger partial charge in [-0.2, -0.15) is 13.2 Å². The SMILES string of the molecule is COc1ccc(S(=O)(=O)Nc2cc(C(F)(F)F)ccc2Cl)cc1C(=O)N1CCCCC1. The number of rotatable bonds is 5. The zero-order valence-corrected chi connectivity index (χ0v) is 18.1. The van der Waals surface area contributed by atoms with Crippen LogP contribution < -0.4 is 9.46 Å². The predicted molar refractivity (Wildman–Crippen MR) is 110 cm³/mol. The Kier molecular flexibility index (Phi) is 6.70. The Labute approximate surface area is 183 Å². The Morgan fingerprint density at radius 2 is 1.77 bits per heavy atom. The van der Waals surface area contributed by atoms with E-state index in [-0.39, 0.29) is 27.1 Å². The van der Waals surface area contributed by atoms with E-state index in [2.05, 4.69) is 4.72 Å². The number of piperidine rings is 1. The molecule has 0 radical (unpaired) electrons. The number of ether oxygens (including phenoxy) is 1. The number of carbonyl (C=O) groups is 1. The molecule has 1 heterocycles. The summed E-state index contributed by atoms with van der Waals surface area (Å²) < 4.78 is 71.9. The molecule has 0 aromatic heterocycles. The minimum atomic E-state index is -4.67. The molecule has 1 saturated heterocycles. The van der Waals surface area contributed by atoms with E-state index in [1.807, 2.05) is 0 Å². The van der Waals surface area contributed by atoms with Crippen molar-refractivity contribution in [2.75, 3.05) is 24.9 Å². The van der Waals surface area contributed by atoms with Crippen LogP contribution in [0.5, 0.6) is 5.75 Å². The lowest BCUT2D eigenvalue weighted by Crippen LogP contribution is -2.35. The van der Waals surface area contributed by atoms with E-state index in [9.17, 15) is 26.4 Å². The van der Waals surface area contributed by atoms with E-state index < -0.39 is 27.5 Å². The highest BCUT2D eigenvalue weighted by Gasteiger charge is 2.32. The van der Waals surface area contributed by atoms with Crippen molar-refractivity contribution in [3.8, 4) is 5.75 Å². The molecule has 1 aliphatic rings. The van der Waals surface area contributed by atoms with Crippen molar-refractivity contribution in [1.82, 2.24) is 4.90 Å². The summed E-state index contributed by atoms with van der Waals surface area (Å²) in [5.41, 5.74) is -1.41. The summed E-state index contributed by atoms with van der Waals surface area (Å²) in [5, 5.41) is -0.199. The molecule has 2 aromatic carbocycles. The first kappa shape index (κ1) is 23.2. The number of nitrogens with one attached hydrogen (secondary N) is 1. The molecule has 1 amide bonds. The Balaban J connectivity index is 1.96. The average molecular weight is 477 g/mol. The number of hydrogen-bond acceptors (Lipinski definition) is 4. The van der Waals surface area contributed by atoms with Crippen molar-refractivity contribution in [3.63, 3.8) is 0 Å². The van der Waals surface area contributed by atoms with Gasteiger partial charge in [0.05, 0.1) is 33.8 Å². The average Bonchev–Trinajstić information content (AvgIpc) is 2.74. The van der Waals surface area contributed by atoms with Gasteiger partial charge in [0, 0.05) is 13.1 Å². The summed E-state index contributed by atoms with van der Waals surface area (Å²) >= 11 is 5.90. The van der Waals surface area contributed by atoms with Crippen molar-refractivity contribution in [2.45, 2.75) is 30.3 Å². The van der Waals surface area contributed by atoms with Gasteiger partial charge in [-0.15, -0.1) is 0 Å². The smallest absolute Gasteiger partial charge is 0.416 e. The zero-order chi connectivity index (χ0) is 22.8. The first-order chi connectivity index (χ1) is 14.5. The molecule has 1 fully saturated rings. The highest BCUT2D eigenvalue weighted by molar-refractivity contribution is 7.92. The maximum absolute atomic E-state index is 13.0. The lowest BCUT2D eigenvalue weighted by Gasteiger charge is -2.27. The highest BCUT2D eigenvalue weighted by atomic mass is 35.5. The molecule has 0 spiro atoms. The molecule has 31 heavy (non-hydrogen) atoms. The van der Waals surface area contributed by atoms with Gasteiger partial charge in [0.1, 0.15) is 5.75 Å². The summed E-state index contributed by atoms with van der Waals surface area (Å²) in [4.78, 5) is 14.2. The molecule has 11 heteroatoms. The minimum absolute atomic E-state index is 0.0578. The fraction of sp³-hybridized carbons (Fsp3) is 0.350. The van der Waals surface area contributed by atoms with Gasteiger partial charge in [-0.05, 0) is 55.7 Å². The van der Waals surface area contributed by atoms with E-state index in [4.69, 9.17) is 16.3 Å². The molecule has 3 rings (SSSR count). The second-order valence-corrected chi connectivity index (χ2v) is 9.10. The second kappa shape index (κ2) is 8.96.